The van der Waals surface area contributed by atoms with Gasteiger partial charge in [0.2, 0.25) is 11.8 Å². The highest BCUT2D eigenvalue weighted by Gasteiger charge is 2.36. The lowest BCUT2D eigenvalue weighted by atomic mass is 10.0. The molecule has 4 aromatic rings. The summed E-state index contributed by atoms with van der Waals surface area (Å²) >= 11 is 0. The number of hydrogen-bond acceptors (Lipinski definition) is 4. The molecule has 242 valence electrons. The predicted octanol–water partition coefficient (Wildman–Crippen LogP) is 6.29. The molecule has 1 atom stereocenters. The van der Waals surface area contributed by atoms with Gasteiger partial charge in [-0.05, 0) is 62.2 Å². The zero-order valence-electron chi connectivity index (χ0n) is 25.8. The maximum atomic E-state index is 14.4. The van der Waals surface area contributed by atoms with Crippen molar-refractivity contribution in [1.82, 2.24) is 10.2 Å². The van der Waals surface area contributed by atoms with Crippen molar-refractivity contribution in [2.24, 2.45) is 0 Å². The van der Waals surface area contributed by atoms with Crippen LogP contribution in [-0.4, -0.2) is 44.3 Å². The fraction of sp³-hybridized carbons (Fsp3) is 0.257. The quantitative estimate of drug-likeness (QED) is 0.195. The molecule has 0 saturated carbocycles. The molecule has 0 fully saturated rings. The molecule has 0 saturated heterocycles. The Hall–Kier alpha value is -4.64. The molecule has 4 rings (SSSR count). The van der Waals surface area contributed by atoms with Crippen molar-refractivity contribution < 1.29 is 31.2 Å². The first-order valence-electron chi connectivity index (χ1n) is 14.7. The van der Waals surface area contributed by atoms with Gasteiger partial charge < -0.3 is 10.2 Å². The number of nitrogens with one attached hydrogen (secondary N) is 1. The summed E-state index contributed by atoms with van der Waals surface area (Å²) in [7, 11) is -4.54. The van der Waals surface area contributed by atoms with Crippen LogP contribution in [0.4, 0.5) is 18.9 Å². The molecule has 1 unspecified atom stereocenters. The van der Waals surface area contributed by atoms with E-state index in [1.165, 1.54) is 23.1 Å². The average molecular weight is 652 g/mol. The largest absolute Gasteiger partial charge is 0.416 e. The van der Waals surface area contributed by atoms with Gasteiger partial charge in [0.15, 0.2) is 0 Å². The van der Waals surface area contributed by atoms with Gasteiger partial charge in [-0.15, -0.1) is 0 Å². The van der Waals surface area contributed by atoms with Crippen molar-refractivity contribution in [3.8, 4) is 0 Å². The fourth-order valence-electron chi connectivity index (χ4n) is 5.06. The van der Waals surface area contributed by atoms with Crippen LogP contribution >= 0.6 is 0 Å². The molecule has 4 aromatic carbocycles. The molecule has 0 radical (unpaired) electrons. The zero-order valence-corrected chi connectivity index (χ0v) is 26.6. The van der Waals surface area contributed by atoms with Crippen LogP contribution < -0.4 is 9.62 Å². The minimum atomic E-state index is -4.75. The molecule has 46 heavy (non-hydrogen) atoms. The first-order chi connectivity index (χ1) is 21.8. The summed E-state index contributed by atoms with van der Waals surface area (Å²) in [5, 5.41) is 2.78. The Morgan fingerprint density at radius 1 is 0.804 bits per heavy atom. The van der Waals surface area contributed by atoms with E-state index < -0.39 is 46.2 Å². The van der Waals surface area contributed by atoms with E-state index in [2.05, 4.69) is 5.32 Å². The van der Waals surface area contributed by atoms with Gasteiger partial charge in [0.1, 0.15) is 12.6 Å². The number of amides is 2. The monoisotopic (exact) mass is 651 g/mol. The van der Waals surface area contributed by atoms with Gasteiger partial charge in [0.25, 0.3) is 10.0 Å². The highest BCUT2D eigenvalue weighted by molar-refractivity contribution is 7.92. The minimum Gasteiger partial charge on any atom is -0.355 e. The Labute approximate surface area is 267 Å². The number of halogens is 3. The number of hydrogen-bond donors (Lipinski definition) is 1. The van der Waals surface area contributed by atoms with Gasteiger partial charge in [0.05, 0.1) is 16.1 Å². The Kier molecular flexibility index (Phi) is 10.9. The number of aryl methyl sites for hydroxylation is 2. The fourth-order valence-corrected chi connectivity index (χ4v) is 6.46. The number of sulfonamides is 1. The second kappa shape index (κ2) is 14.6. The maximum Gasteiger partial charge on any atom is 0.416 e. The number of benzene rings is 4. The molecule has 1 N–H and O–H groups in total. The summed E-state index contributed by atoms with van der Waals surface area (Å²) < 4.78 is 70.0. The van der Waals surface area contributed by atoms with Gasteiger partial charge in [-0.2, -0.15) is 13.2 Å². The third-order valence-electron chi connectivity index (χ3n) is 7.41. The second-order valence-electron chi connectivity index (χ2n) is 11.0. The summed E-state index contributed by atoms with van der Waals surface area (Å²) in [5.41, 5.74) is 1.75. The molecular weight excluding hydrogens is 615 g/mol. The van der Waals surface area contributed by atoms with E-state index in [4.69, 9.17) is 0 Å². The topological polar surface area (TPSA) is 86.8 Å². The Bertz CT molecular complexity index is 1760. The molecule has 0 spiro atoms. The average Bonchev–Trinajstić information content (AvgIpc) is 3.02. The van der Waals surface area contributed by atoms with Crippen LogP contribution in [0.3, 0.4) is 0 Å². The standard InChI is InChI=1S/C35H36F3N3O4S/c1-4-39-34(43)32(21-27-11-6-5-7-12-27)40(23-28-13-8-10-26(3)20-28)33(42)24-41(30-15-9-14-29(22-30)35(36,37)38)46(44,45)31-18-16-25(2)17-19-31/h5-20,22,32H,4,21,23-24H2,1-3H3,(H,39,43). The molecule has 11 heteroatoms. The lowest BCUT2D eigenvalue weighted by molar-refractivity contribution is -0.140. The molecular formula is C35H36F3N3O4S. The first-order valence-corrected chi connectivity index (χ1v) is 16.2. The second-order valence-corrected chi connectivity index (χ2v) is 12.8. The highest BCUT2D eigenvalue weighted by Crippen LogP contribution is 2.33. The van der Waals surface area contributed by atoms with Crippen molar-refractivity contribution in [2.75, 3.05) is 17.4 Å². The van der Waals surface area contributed by atoms with Crippen LogP contribution in [0, 0.1) is 13.8 Å². The van der Waals surface area contributed by atoms with E-state index >= 15 is 0 Å². The Morgan fingerprint density at radius 3 is 2.09 bits per heavy atom. The number of carbonyl (C=O) groups is 2. The van der Waals surface area contributed by atoms with E-state index in [0.29, 0.717) is 15.9 Å². The number of carbonyl (C=O) groups excluding carboxylic acids is 2. The number of likely N-dealkylation sites (N-methyl/N-ethyl adjacent to an activating group) is 1. The summed E-state index contributed by atoms with van der Waals surface area (Å²) in [4.78, 5) is 29.0. The van der Waals surface area contributed by atoms with Crippen LogP contribution in [-0.2, 0) is 38.8 Å². The molecule has 0 bridgehead atoms. The van der Waals surface area contributed by atoms with Gasteiger partial charge in [0, 0.05) is 19.5 Å². The third kappa shape index (κ3) is 8.54. The highest BCUT2D eigenvalue weighted by atomic mass is 32.2. The van der Waals surface area contributed by atoms with Gasteiger partial charge in [-0.1, -0.05) is 83.9 Å². The number of anilines is 1. The van der Waals surface area contributed by atoms with Crippen molar-refractivity contribution >= 4 is 27.5 Å². The zero-order chi connectivity index (χ0) is 33.5. The van der Waals surface area contributed by atoms with Crippen LogP contribution in [0.25, 0.3) is 0 Å². The lowest BCUT2D eigenvalue weighted by Gasteiger charge is -2.34. The first kappa shape index (κ1) is 34.2. The smallest absolute Gasteiger partial charge is 0.355 e. The van der Waals surface area contributed by atoms with Crippen LogP contribution in [0.1, 0.15) is 34.7 Å². The van der Waals surface area contributed by atoms with E-state index in [-0.39, 0.29) is 30.1 Å². The SMILES string of the molecule is CCNC(=O)C(Cc1ccccc1)N(Cc1cccc(C)c1)C(=O)CN(c1cccc(C(F)(F)F)c1)S(=O)(=O)c1ccc(C)cc1. The van der Waals surface area contributed by atoms with E-state index in [1.54, 1.807) is 44.2 Å². The van der Waals surface area contributed by atoms with Gasteiger partial charge in [-0.3, -0.25) is 13.9 Å². The van der Waals surface area contributed by atoms with Crippen LogP contribution in [0.5, 0.6) is 0 Å². The summed E-state index contributed by atoms with van der Waals surface area (Å²) in [6.45, 7) is 4.78. The van der Waals surface area contributed by atoms with Crippen molar-refractivity contribution in [2.45, 2.75) is 50.9 Å². The van der Waals surface area contributed by atoms with E-state index in [1.807, 2.05) is 43.3 Å². The normalized spacial score (nSPS) is 12.3. The van der Waals surface area contributed by atoms with Gasteiger partial charge >= 0.3 is 6.18 Å². The predicted molar refractivity (Wildman–Crippen MR) is 172 cm³/mol. The van der Waals surface area contributed by atoms with E-state index in [9.17, 15) is 31.2 Å². The lowest BCUT2D eigenvalue weighted by Crippen LogP contribution is -2.53. The molecule has 0 aliphatic carbocycles. The molecule has 0 heterocycles. The Balaban J connectivity index is 1.84. The van der Waals surface area contributed by atoms with E-state index in [0.717, 1.165) is 28.8 Å². The summed E-state index contributed by atoms with van der Waals surface area (Å²) in [6.07, 6.45) is -4.63. The Morgan fingerprint density at radius 2 is 1.46 bits per heavy atom. The van der Waals surface area contributed by atoms with Gasteiger partial charge in [-0.25, -0.2) is 8.42 Å². The number of alkyl halides is 3. The van der Waals surface area contributed by atoms with Crippen LogP contribution in [0.2, 0.25) is 0 Å². The molecule has 2 amide bonds. The van der Waals surface area contributed by atoms with Crippen molar-refractivity contribution in [3.63, 3.8) is 0 Å². The maximum absolute atomic E-state index is 14.4. The van der Waals surface area contributed by atoms with Crippen molar-refractivity contribution in [3.05, 3.63) is 131 Å². The number of nitrogens with zero attached hydrogens (tertiary/aromatic N) is 2. The molecule has 0 aromatic heterocycles. The molecule has 7 nitrogen and oxygen atoms in total. The summed E-state index contributed by atoms with van der Waals surface area (Å²) in [5.74, 6) is -1.21. The third-order valence-corrected chi connectivity index (χ3v) is 9.19. The molecule has 0 aliphatic heterocycles. The van der Waals surface area contributed by atoms with Crippen LogP contribution in [0.15, 0.2) is 108 Å². The minimum absolute atomic E-state index is 0.0455. The summed E-state index contributed by atoms with van der Waals surface area (Å²) in [6, 6.07) is 25.0. The number of rotatable bonds is 12. The van der Waals surface area contributed by atoms with Crippen molar-refractivity contribution in [1.29, 1.82) is 0 Å². The molecule has 0 aliphatic rings.